The Morgan fingerprint density at radius 2 is 2.15 bits per heavy atom. The second kappa shape index (κ2) is 5.09. The fourth-order valence-electron chi connectivity index (χ4n) is 1.96. The third-order valence-corrected chi connectivity index (χ3v) is 3.91. The van der Waals surface area contributed by atoms with E-state index in [2.05, 4.69) is 10.3 Å². The van der Waals surface area contributed by atoms with Gasteiger partial charge >= 0.3 is 0 Å². The minimum absolute atomic E-state index is 0.0573. The van der Waals surface area contributed by atoms with Gasteiger partial charge in [0.15, 0.2) is 0 Å². The topological polar surface area (TPSA) is 111 Å². The molecular weight excluding hydrogens is 276 g/mol. The molecule has 6 nitrogen and oxygen atoms in total. The Morgan fingerprint density at radius 3 is 2.75 bits per heavy atom. The first-order valence-corrected chi connectivity index (χ1v) is 6.85. The zero-order valence-corrected chi connectivity index (χ0v) is 12.1. The van der Waals surface area contributed by atoms with Crippen LogP contribution >= 0.6 is 11.3 Å². The molecule has 2 amide bonds. The summed E-state index contributed by atoms with van der Waals surface area (Å²) in [6, 6.07) is 3.59. The molecule has 0 saturated carbocycles. The molecule has 2 rings (SSSR count). The number of rotatable bonds is 4. The first-order valence-electron chi connectivity index (χ1n) is 6.04. The van der Waals surface area contributed by atoms with Crippen LogP contribution in [-0.2, 0) is 4.79 Å². The summed E-state index contributed by atoms with van der Waals surface area (Å²) in [5.74, 6) is -0.793. The van der Waals surface area contributed by atoms with Crippen LogP contribution in [0.1, 0.15) is 29.9 Å². The van der Waals surface area contributed by atoms with Crippen LogP contribution in [0.15, 0.2) is 18.3 Å². The molecule has 0 aliphatic rings. The molecule has 0 spiro atoms. The van der Waals surface area contributed by atoms with Crippen molar-refractivity contribution in [2.45, 2.75) is 25.8 Å². The van der Waals surface area contributed by atoms with Gasteiger partial charge in [-0.1, -0.05) is 0 Å². The van der Waals surface area contributed by atoms with Gasteiger partial charge in [-0.3, -0.25) is 9.59 Å². The Morgan fingerprint density at radius 1 is 1.45 bits per heavy atom. The normalized spacial score (nSPS) is 11.5. The van der Waals surface area contributed by atoms with E-state index in [1.54, 1.807) is 26.1 Å². The third kappa shape index (κ3) is 2.88. The molecule has 0 radical (unpaired) electrons. The summed E-state index contributed by atoms with van der Waals surface area (Å²) < 4.78 is 0. The molecule has 20 heavy (non-hydrogen) atoms. The highest BCUT2D eigenvalue weighted by molar-refractivity contribution is 7.21. The third-order valence-electron chi connectivity index (χ3n) is 2.78. The predicted molar refractivity (Wildman–Crippen MR) is 79.4 cm³/mol. The standard InChI is InChI=1S/C13H16N4O2S/c1-13(2,6-8(14)18)17-11(19)10-9(15)7-4-3-5-16-12(7)20-10/h3-5H,6,15H2,1-2H3,(H2,14,18)(H,17,19). The number of hydrogen-bond acceptors (Lipinski definition) is 5. The fraction of sp³-hybridized carbons (Fsp3) is 0.308. The van der Waals surface area contributed by atoms with Crippen LogP contribution in [0.25, 0.3) is 10.2 Å². The molecule has 0 bridgehead atoms. The maximum atomic E-state index is 12.3. The highest BCUT2D eigenvalue weighted by Gasteiger charge is 2.26. The monoisotopic (exact) mass is 292 g/mol. The Bertz CT molecular complexity index is 678. The fourth-order valence-corrected chi connectivity index (χ4v) is 2.92. The van der Waals surface area contributed by atoms with Crippen molar-refractivity contribution < 1.29 is 9.59 Å². The summed E-state index contributed by atoms with van der Waals surface area (Å²) in [5.41, 5.74) is 10.8. The lowest BCUT2D eigenvalue weighted by molar-refractivity contribution is -0.119. The number of aromatic nitrogens is 1. The molecule has 106 valence electrons. The Labute approximate surface area is 120 Å². The molecule has 7 heteroatoms. The van der Waals surface area contributed by atoms with E-state index in [-0.39, 0.29) is 12.3 Å². The molecule has 0 aliphatic carbocycles. The summed E-state index contributed by atoms with van der Waals surface area (Å²) in [7, 11) is 0. The molecular formula is C13H16N4O2S. The maximum absolute atomic E-state index is 12.3. The molecule has 5 N–H and O–H groups in total. The van der Waals surface area contributed by atoms with Gasteiger partial charge in [0.25, 0.3) is 5.91 Å². The smallest absolute Gasteiger partial charge is 0.263 e. The van der Waals surface area contributed by atoms with E-state index in [4.69, 9.17) is 11.5 Å². The number of thiophene rings is 1. The van der Waals surface area contributed by atoms with Gasteiger partial charge in [0.2, 0.25) is 5.91 Å². The van der Waals surface area contributed by atoms with Crippen molar-refractivity contribution in [1.82, 2.24) is 10.3 Å². The number of nitrogens with two attached hydrogens (primary N) is 2. The molecule has 2 aromatic rings. The molecule has 0 atom stereocenters. The lowest BCUT2D eigenvalue weighted by atomic mass is 10.0. The Balaban J connectivity index is 2.28. The van der Waals surface area contributed by atoms with Crippen molar-refractivity contribution in [3.05, 3.63) is 23.2 Å². The van der Waals surface area contributed by atoms with Gasteiger partial charge in [-0.2, -0.15) is 0 Å². The molecule has 0 fully saturated rings. The average molecular weight is 292 g/mol. The lowest BCUT2D eigenvalue weighted by Crippen LogP contribution is -2.45. The second-order valence-corrected chi connectivity index (χ2v) is 6.18. The number of nitrogens with one attached hydrogen (secondary N) is 1. The van der Waals surface area contributed by atoms with E-state index >= 15 is 0 Å². The molecule has 2 heterocycles. The largest absolute Gasteiger partial charge is 0.397 e. The summed E-state index contributed by atoms with van der Waals surface area (Å²) in [6.45, 7) is 3.47. The number of carbonyl (C=O) groups is 2. The second-order valence-electron chi connectivity index (χ2n) is 5.18. The number of primary amides is 1. The number of hydrogen-bond donors (Lipinski definition) is 3. The molecule has 0 saturated heterocycles. The molecule has 2 aromatic heterocycles. The average Bonchev–Trinajstić information content (AvgIpc) is 2.65. The Kier molecular flexibility index (Phi) is 3.63. The SMILES string of the molecule is CC(C)(CC(N)=O)NC(=O)c1sc2ncccc2c1N. The minimum Gasteiger partial charge on any atom is -0.397 e. The van der Waals surface area contributed by atoms with Gasteiger partial charge in [0.1, 0.15) is 9.71 Å². The van der Waals surface area contributed by atoms with E-state index < -0.39 is 11.4 Å². The number of pyridine rings is 1. The van der Waals surface area contributed by atoms with Crippen molar-refractivity contribution in [3.8, 4) is 0 Å². The first kappa shape index (κ1) is 14.3. The van der Waals surface area contributed by atoms with Gasteiger partial charge < -0.3 is 16.8 Å². The minimum atomic E-state index is -0.723. The molecule has 0 unspecified atom stereocenters. The molecule has 0 aliphatic heterocycles. The van der Waals surface area contributed by atoms with Gasteiger partial charge in [0.05, 0.1) is 5.69 Å². The molecule has 0 aromatic carbocycles. The van der Waals surface area contributed by atoms with Crippen molar-refractivity contribution in [2.75, 3.05) is 5.73 Å². The maximum Gasteiger partial charge on any atom is 0.263 e. The van der Waals surface area contributed by atoms with Crippen molar-refractivity contribution in [1.29, 1.82) is 0 Å². The van der Waals surface area contributed by atoms with Crippen LogP contribution in [0.3, 0.4) is 0 Å². The van der Waals surface area contributed by atoms with Crippen LogP contribution in [0.2, 0.25) is 0 Å². The summed E-state index contributed by atoms with van der Waals surface area (Å²) >= 11 is 1.23. The zero-order chi connectivity index (χ0) is 14.9. The van der Waals surface area contributed by atoms with Crippen LogP contribution in [0.4, 0.5) is 5.69 Å². The highest BCUT2D eigenvalue weighted by atomic mass is 32.1. The van der Waals surface area contributed by atoms with E-state index in [1.165, 1.54) is 11.3 Å². The highest BCUT2D eigenvalue weighted by Crippen LogP contribution is 2.32. The van der Waals surface area contributed by atoms with Gasteiger partial charge in [-0.05, 0) is 26.0 Å². The van der Waals surface area contributed by atoms with Gasteiger partial charge in [-0.15, -0.1) is 11.3 Å². The lowest BCUT2D eigenvalue weighted by Gasteiger charge is -2.24. The van der Waals surface area contributed by atoms with Crippen LogP contribution in [0.5, 0.6) is 0 Å². The van der Waals surface area contributed by atoms with Gasteiger partial charge in [0, 0.05) is 23.5 Å². The summed E-state index contributed by atoms with van der Waals surface area (Å²) in [5, 5.41) is 3.53. The number of anilines is 1. The van der Waals surface area contributed by atoms with E-state index in [0.29, 0.717) is 15.4 Å². The number of amides is 2. The quantitative estimate of drug-likeness (QED) is 0.787. The van der Waals surface area contributed by atoms with Crippen LogP contribution < -0.4 is 16.8 Å². The van der Waals surface area contributed by atoms with Crippen molar-refractivity contribution >= 4 is 39.1 Å². The number of carbonyl (C=O) groups excluding carboxylic acids is 2. The zero-order valence-electron chi connectivity index (χ0n) is 11.3. The van der Waals surface area contributed by atoms with Crippen LogP contribution in [0, 0.1) is 0 Å². The Hall–Kier alpha value is -2.15. The van der Waals surface area contributed by atoms with Crippen LogP contribution in [-0.4, -0.2) is 22.3 Å². The van der Waals surface area contributed by atoms with Crippen molar-refractivity contribution in [2.24, 2.45) is 5.73 Å². The predicted octanol–water partition coefficient (Wildman–Crippen LogP) is 1.26. The van der Waals surface area contributed by atoms with E-state index in [1.807, 2.05) is 6.07 Å². The van der Waals surface area contributed by atoms with E-state index in [9.17, 15) is 9.59 Å². The van der Waals surface area contributed by atoms with Crippen molar-refractivity contribution in [3.63, 3.8) is 0 Å². The number of fused-ring (bicyclic) bond motifs is 1. The number of nitrogen functional groups attached to an aromatic ring is 1. The van der Waals surface area contributed by atoms with Gasteiger partial charge in [-0.25, -0.2) is 4.98 Å². The first-order chi connectivity index (χ1) is 9.30. The summed E-state index contributed by atoms with van der Waals surface area (Å²) in [4.78, 5) is 28.5. The summed E-state index contributed by atoms with van der Waals surface area (Å²) in [6.07, 6.45) is 1.71. The van der Waals surface area contributed by atoms with E-state index in [0.717, 1.165) is 5.39 Å². The number of nitrogens with zero attached hydrogens (tertiary/aromatic N) is 1.